The van der Waals surface area contributed by atoms with Gasteiger partial charge in [0.15, 0.2) is 0 Å². The van der Waals surface area contributed by atoms with Gasteiger partial charge in [-0.1, -0.05) is 24.9 Å². The molecule has 1 atom stereocenters. The van der Waals surface area contributed by atoms with Gasteiger partial charge in [0.1, 0.15) is 0 Å². The van der Waals surface area contributed by atoms with Crippen molar-refractivity contribution < 1.29 is 4.74 Å². The first-order chi connectivity index (χ1) is 7.67. The summed E-state index contributed by atoms with van der Waals surface area (Å²) in [6, 6.07) is 3.64. The summed E-state index contributed by atoms with van der Waals surface area (Å²) in [6.45, 7) is 4.84. The van der Waals surface area contributed by atoms with E-state index in [1.807, 2.05) is 19.2 Å². The number of nitrogens with one attached hydrogen (secondary N) is 1. The highest BCUT2D eigenvalue weighted by Gasteiger charge is 2.07. The zero-order valence-corrected chi connectivity index (χ0v) is 10.8. The third kappa shape index (κ3) is 3.99. The van der Waals surface area contributed by atoms with Crippen LogP contribution in [0.5, 0.6) is 5.88 Å². The Morgan fingerprint density at radius 2 is 2.25 bits per heavy atom. The van der Waals surface area contributed by atoms with Crippen LogP contribution in [0, 0.1) is 0 Å². The average molecular weight is 243 g/mol. The zero-order valence-electron chi connectivity index (χ0n) is 10.1. The average Bonchev–Trinajstić information content (AvgIpc) is 2.24. The molecule has 1 rings (SSSR count). The first kappa shape index (κ1) is 13.3. The van der Waals surface area contributed by atoms with Crippen molar-refractivity contribution >= 4 is 11.6 Å². The maximum absolute atomic E-state index is 6.01. The van der Waals surface area contributed by atoms with Crippen LogP contribution in [0.3, 0.4) is 0 Å². The second kappa shape index (κ2) is 6.71. The fourth-order valence-corrected chi connectivity index (χ4v) is 1.67. The first-order valence-corrected chi connectivity index (χ1v) is 6.01. The van der Waals surface area contributed by atoms with Gasteiger partial charge in [0.2, 0.25) is 5.88 Å². The minimum Gasteiger partial charge on any atom is -0.475 e. The van der Waals surface area contributed by atoms with Crippen LogP contribution in [0.25, 0.3) is 0 Å². The molecule has 1 aromatic rings. The van der Waals surface area contributed by atoms with Gasteiger partial charge in [-0.15, -0.1) is 0 Å². The number of pyridine rings is 1. The van der Waals surface area contributed by atoms with E-state index < -0.39 is 0 Å². The third-order valence-electron chi connectivity index (χ3n) is 2.25. The van der Waals surface area contributed by atoms with Crippen molar-refractivity contribution in [2.24, 2.45) is 0 Å². The van der Waals surface area contributed by atoms with E-state index >= 15 is 0 Å². The van der Waals surface area contributed by atoms with E-state index in [1.54, 1.807) is 0 Å². The normalized spacial score (nSPS) is 12.5. The van der Waals surface area contributed by atoms with E-state index in [0.29, 0.717) is 17.4 Å². The van der Waals surface area contributed by atoms with Gasteiger partial charge in [0.05, 0.1) is 16.8 Å². The Morgan fingerprint density at radius 1 is 1.50 bits per heavy atom. The first-order valence-electron chi connectivity index (χ1n) is 5.64. The molecule has 0 saturated heterocycles. The quantitative estimate of drug-likeness (QED) is 0.833. The van der Waals surface area contributed by atoms with Crippen LogP contribution in [-0.2, 0) is 6.54 Å². The predicted molar refractivity (Wildman–Crippen MR) is 67.0 cm³/mol. The summed E-state index contributed by atoms with van der Waals surface area (Å²) >= 11 is 6.01. The summed E-state index contributed by atoms with van der Waals surface area (Å²) in [5.41, 5.74) is 0.824. The molecule has 0 spiro atoms. The maximum Gasteiger partial charge on any atom is 0.213 e. The molecule has 0 aliphatic rings. The molecule has 1 N–H and O–H groups in total. The number of rotatable bonds is 6. The van der Waals surface area contributed by atoms with Gasteiger partial charge in [-0.25, -0.2) is 4.98 Å². The third-order valence-corrected chi connectivity index (χ3v) is 2.60. The van der Waals surface area contributed by atoms with E-state index in [0.717, 1.165) is 18.5 Å². The Bertz CT molecular complexity index is 331. The Balaban J connectivity index is 2.70. The molecule has 1 unspecified atom stereocenters. The number of nitrogens with zero attached hydrogens (tertiary/aromatic N) is 1. The molecule has 4 heteroatoms. The molecular formula is C12H19ClN2O. The molecule has 0 saturated carbocycles. The highest BCUT2D eigenvalue weighted by molar-refractivity contribution is 6.31. The van der Waals surface area contributed by atoms with Gasteiger partial charge in [0, 0.05) is 12.6 Å². The van der Waals surface area contributed by atoms with Gasteiger partial charge < -0.3 is 10.1 Å². The van der Waals surface area contributed by atoms with Crippen molar-refractivity contribution in [3.05, 3.63) is 22.8 Å². The molecule has 1 heterocycles. The number of ether oxygens (including phenoxy) is 1. The Morgan fingerprint density at radius 3 is 2.88 bits per heavy atom. The summed E-state index contributed by atoms with van der Waals surface area (Å²) < 4.78 is 5.70. The lowest BCUT2D eigenvalue weighted by Crippen LogP contribution is -2.13. The van der Waals surface area contributed by atoms with Crippen LogP contribution in [0.1, 0.15) is 32.4 Å². The van der Waals surface area contributed by atoms with Crippen molar-refractivity contribution in [1.82, 2.24) is 10.3 Å². The van der Waals surface area contributed by atoms with Gasteiger partial charge in [0.25, 0.3) is 0 Å². The summed E-state index contributed by atoms with van der Waals surface area (Å²) in [6.07, 6.45) is 2.34. The highest BCUT2D eigenvalue weighted by atomic mass is 35.5. The molecule has 0 fully saturated rings. The van der Waals surface area contributed by atoms with Crippen molar-refractivity contribution in [1.29, 1.82) is 0 Å². The summed E-state index contributed by atoms with van der Waals surface area (Å²) in [4.78, 5) is 4.37. The lowest BCUT2D eigenvalue weighted by atomic mass is 10.2. The lowest BCUT2D eigenvalue weighted by molar-refractivity contribution is 0.201. The minimum atomic E-state index is 0.195. The SMILES string of the molecule is CCCC(C)Oc1ccc(Cl)c(CNC)n1. The van der Waals surface area contributed by atoms with Crippen molar-refractivity contribution in [2.75, 3.05) is 7.05 Å². The van der Waals surface area contributed by atoms with E-state index in [1.165, 1.54) is 0 Å². The van der Waals surface area contributed by atoms with E-state index in [-0.39, 0.29) is 6.10 Å². The van der Waals surface area contributed by atoms with Crippen LogP contribution >= 0.6 is 11.6 Å². The molecule has 0 radical (unpaired) electrons. The summed E-state index contributed by atoms with van der Waals surface area (Å²) in [5.74, 6) is 0.649. The Hall–Kier alpha value is -0.800. The Labute approximate surface area is 102 Å². The van der Waals surface area contributed by atoms with Gasteiger partial charge in [-0.2, -0.15) is 0 Å². The monoisotopic (exact) mass is 242 g/mol. The smallest absolute Gasteiger partial charge is 0.213 e. The topological polar surface area (TPSA) is 34.1 Å². The molecule has 0 amide bonds. The van der Waals surface area contributed by atoms with Crippen LogP contribution in [0.4, 0.5) is 0 Å². The molecule has 90 valence electrons. The predicted octanol–water partition coefficient (Wildman–Crippen LogP) is 3.02. The van der Waals surface area contributed by atoms with Crippen molar-refractivity contribution in [3.8, 4) is 5.88 Å². The Kier molecular flexibility index (Phi) is 5.56. The molecule has 0 aliphatic carbocycles. The number of aromatic nitrogens is 1. The number of hydrogen-bond donors (Lipinski definition) is 1. The van der Waals surface area contributed by atoms with Crippen molar-refractivity contribution in [2.45, 2.75) is 39.3 Å². The summed E-state index contributed by atoms with van der Waals surface area (Å²) in [5, 5.41) is 3.70. The van der Waals surface area contributed by atoms with Gasteiger partial charge >= 0.3 is 0 Å². The van der Waals surface area contributed by atoms with Gasteiger partial charge in [-0.05, 0) is 26.5 Å². The molecule has 3 nitrogen and oxygen atoms in total. The van der Waals surface area contributed by atoms with E-state index in [4.69, 9.17) is 16.3 Å². The fourth-order valence-electron chi connectivity index (χ4n) is 1.49. The van der Waals surface area contributed by atoms with Crippen LogP contribution in [0.15, 0.2) is 12.1 Å². The number of halogens is 1. The lowest BCUT2D eigenvalue weighted by Gasteiger charge is -2.14. The van der Waals surface area contributed by atoms with Crippen LogP contribution in [-0.4, -0.2) is 18.1 Å². The molecular weight excluding hydrogens is 224 g/mol. The standard InChI is InChI=1S/C12H19ClN2O/c1-4-5-9(2)16-12-7-6-10(13)11(15-12)8-14-3/h6-7,9,14H,4-5,8H2,1-3H3. The molecule has 0 bridgehead atoms. The van der Waals surface area contributed by atoms with Crippen LogP contribution in [0.2, 0.25) is 5.02 Å². The maximum atomic E-state index is 6.01. The molecule has 0 aromatic carbocycles. The van der Waals surface area contributed by atoms with Crippen molar-refractivity contribution in [3.63, 3.8) is 0 Å². The second-order valence-corrected chi connectivity index (χ2v) is 4.23. The zero-order chi connectivity index (χ0) is 12.0. The second-order valence-electron chi connectivity index (χ2n) is 3.83. The van der Waals surface area contributed by atoms with Crippen LogP contribution < -0.4 is 10.1 Å². The largest absolute Gasteiger partial charge is 0.475 e. The molecule has 1 aromatic heterocycles. The fraction of sp³-hybridized carbons (Fsp3) is 0.583. The van der Waals surface area contributed by atoms with E-state index in [2.05, 4.69) is 24.1 Å². The number of hydrogen-bond acceptors (Lipinski definition) is 3. The van der Waals surface area contributed by atoms with Gasteiger partial charge in [-0.3, -0.25) is 0 Å². The summed E-state index contributed by atoms with van der Waals surface area (Å²) in [7, 11) is 1.87. The molecule has 16 heavy (non-hydrogen) atoms. The highest BCUT2D eigenvalue weighted by Crippen LogP contribution is 2.19. The van der Waals surface area contributed by atoms with E-state index in [9.17, 15) is 0 Å². The minimum absolute atomic E-state index is 0.195. The molecule has 0 aliphatic heterocycles.